The van der Waals surface area contributed by atoms with Gasteiger partial charge in [0.05, 0.1) is 31.7 Å². The van der Waals surface area contributed by atoms with Crippen LogP contribution < -0.4 is 5.73 Å². The minimum Gasteiger partial charge on any atom is -0.394 e. The van der Waals surface area contributed by atoms with Crippen LogP contribution in [0.15, 0.2) is 6.33 Å². The highest BCUT2D eigenvalue weighted by Gasteiger charge is 2.27. The fourth-order valence-corrected chi connectivity index (χ4v) is 2.49. The second-order valence-corrected chi connectivity index (χ2v) is 4.69. The Hall–Kier alpha value is -1.51. The van der Waals surface area contributed by atoms with Gasteiger partial charge in [-0.3, -0.25) is 0 Å². The molecule has 0 aromatic carbocycles. The zero-order valence-electron chi connectivity index (χ0n) is 9.54. The molecule has 0 radical (unpaired) electrons. The highest BCUT2D eigenvalue weighted by Crippen LogP contribution is 2.27. The van der Waals surface area contributed by atoms with E-state index in [4.69, 9.17) is 27.8 Å². The number of anilines is 1. The number of H-pyrrole nitrogens is 1. The molecule has 18 heavy (non-hydrogen) atoms. The Morgan fingerprint density at radius 1 is 1.67 bits per heavy atom. The van der Waals surface area contributed by atoms with Gasteiger partial charge in [-0.25, -0.2) is 9.97 Å². The Morgan fingerprint density at radius 3 is 3.22 bits per heavy atom. The van der Waals surface area contributed by atoms with Gasteiger partial charge >= 0.3 is 0 Å². The molecule has 0 spiro atoms. The van der Waals surface area contributed by atoms with E-state index in [1.165, 1.54) is 0 Å². The summed E-state index contributed by atoms with van der Waals surface area (Å²) >= 11 is 5.12. The minimum atomic E-state index is -0.116. The molecule has 0 aliphatic carbocycles. The first-order chi connectivity index (χ1) is 8.69. The largest absolute Gasteiger partial charge is 0.394 e. The summed E-state index contributed by atoms with van der Waals surface area (Å²) in [7, 11) is 0. The Bertz CT molecular complexity index is 637. The molecule has 0 saturated carbocycles. The van der Waals surface area contributed by atoms with E-state index in [2.05, 4.69) is 15.0 Å². The van der Waals surface area contributed by atoms with Gasteiger partial charge in [0.2, 0.25) is 0 Å². The smallest absolute Gasteiger partial charge is 0.200 e. The van der Waals surface area contributed by atoms with Crippen molar-refractivity contribution < 1.29 is 9.84 Å². The number of aromatic amines is 1. The molecule has 1 aliphatic heterocycles. The minimum absolute atomic E-state index is 0.0306. The van der Waals surface area contributed by atoms with Crippen LogP contribution in [0.3, 0.4) is 0 Å². The Morgan fingerprint density at radius 2 is 2.50 bits per heavy atom. The zero-order valence-corrected chi connectivity index (χ0v) is 10.4. The summed E-state index contributed by atoms with van der Waals surface area (Å²) in [6.07, 6.45) is 2.33. The van der Waals surface area contributed by atoms with Crippen LogP contribution >= 0.6 is 12.2 Å². The van der Waals surface area contributed by atoms with Crippen LogP contribution in [0.5, 0.6) is 0 Å². The SMILES string of the molecule is Nc1nc(=S)c2ncn(C3COC(CO)C3)c2[nH]1. The fraction of sp³-hybridized carbons (Fsp3) is 0.500. The van der Waals surface area contributed by atoms with Gasteiger partial charge in [-0.05, 0) is 6.42 Å². The normalized spacial score (nSPS) is 23.8. The monoisotopic (exact) mass is 267 g/mol. The molecule has 3 heterocycles. The molecule has 7 nitrogen and oxygen atoms in total. The number of nitrogens with two attached hydrogens (primary N) is 1. The first-order valence-corrected chi connectivity index (χ1v) is 6.04. The van der Waals surface area contributed by atoms with E-state index in [1.807, 2.05) is 4.57 Å². The van der Waals surface area contributed by atoms with E-state index in [-0.39, 0.29) is 24.7 Å². The second kappa shape index (κ2) is 4.30. The molecule has 2 atom stereocenters. The number of nitrogens with zero attached hydrogens (tertiary/aromatic N) is 3. The average Bonchev–Trinajstić information content (AvgIpc) is 2.93. The van der Waals surface area contributed by atoms with Crippen LogP contribution in [-0.2, 0) is 4.74 Å². The number of hydrogen-bond donors (Lipinski definition) is 3. The Balaban J connectivity index is 2.05. The number of aliphatic hydroxyl groups excluding tert-OH is 1. The number of fused-ring (bicyclic) bond motifs is 1. The van der Waals surface area contributed by atoms with Crippen LogP contribution in [0.1, 0.15) is 12.5 Å². The maximum Gasteiger partial charge on any atom is 0.200 e. The molecule has 0 amide bonds. The van der Waals surface area contributed by atoms with Crippen molar-refractivity contribution in [1.82, 2.24) is 19.5 Å². The van der Waals surface area contributed by atoms with Crippen molar-refractivity contribution in [2.75, 3.05) is 18.9 Å². The molecular formula is C10H13N5O2S. The van der Waals surface area contributed by atoms with Gasteiger partial charge in [0, 0.05) is 0 Å². The molecule has 2 unspecified atom stereocenters. The lowest BCUT2D eigenvalue weighted by atomic mass is 10.2. The number of aromatic nitrogens is 4. The highest BCUT2D eigenvalue weighted by atomic mass is 32.1. The van der Waals surface area contributed by atoms with Crippen molar-refractivity contribution in [3.63, 3.8) is 0 Å². The van der Waals surface area contributed by atoms with Crippen LogP contribution in [0.2, 0.25) is 0 Å². The molecule has 4 N–H and O–H groups in total. The van der Waals surface area contributed by atoms with Gasteiger partial charge in [0.25, 0.3) is 0 Å². The summed E-state index contributed by atoms with van der Waals surface area (Å²) in [4.78, 5) is 11.2. The van der Waals surface area contributed by atoms with Gasteiger partial charge in [-0.1, -0.05) is 12.2 Å². The van der Waals surface area contributed by atoms with Crippen LogP contribution in [0.25, 0.3) is 11.2 Å². The van der Waals surface area contributed by atoms with E-state index in [0.717, 1.165) is 12.1 Å². The molecule has 8 heteroatoms. The third kappa shape index (κ3) is 1.78. The predicted octanol–water partition coefficient (Wildman–Crippen LogP) is 0.393. The zero-order chi connectivity index (χ0) is 12.7. The summed E-state index contributed by atoms with van der Waals surface area (Å²) < 4.78 is 7.79. The summed E-state index contributed by atoms with van der Waals surface area (Å²) in [5.41, 5.74) is 7.04. The van der Waals surface area contributed by atoms with Gasteiger partial charge in [-0.15, -0.1) is 0 Å². The lowest BCUT2D eigenvalue weighted by molar-refractivity contribution is 0.0576. The molecule has 3 rings (SSSR count). The topological polar surface area (TPSA) is 102 Å². The number of ether oxygens (including phenoxy) is 1. The Labute approximate surface area is 108 Å². The summed E-state index contributed by atoms with van der Waals surface area (Å²) in [5, 5.41) is 9.08. The van der Waals surface area contributed by atoms with E-state index >= 15 is 0 Å². The van der Waals surface area contributed by atoms with Crippen molar-refractivity contribution in [2.24, 2.45) is 0 Å². The molecule has 2 aromatic rings. The van der Waals surface area contributed by atoms with Crippen LogP contribution in [0, 0.1) is 4.64 Å². The fourth-order valence-electron chi connectivity index (χ4n) is 2.24. The molecular weight excluding hydrogens is 254 g/mol. The summed E-state index contributed by atoms with van der Waals surface area (Å²) in [6.45, 7) is 0.572. The quantitative estimate of drug-likeness (QED) is 0.680. The van der Waals surface area contributed by atoms with E-state index in [0.29, 0.717) is 16.8 Å². The molecule has 1 fully saturated rings. The molecule has 2 aromatic heterocycles. The van der Waals surface area contributed by atoms with Gasteiger partial charge in [-0.2, -0.15) is 0 Å². The van der Waals surface area contributed by atoms with E-state index < -0.39 is 0 Å². The predicted molar refractivity (Wildman–Crippen MR) is 67.6 cm³/mol. The standard InChI is InChI=1S/C10H13N5O2S/c11-10-13-8-7(9(18)14-10)12-4-15(8)5-1-6(2-16)17-3-5/h4-6,16H,1-3H2,(H3,11,13,14,18). The first-order valence-electron chi connectivity index (χ1n) is 5.64. The van der Waals surface area contributed by atoms with Crippen molar-refractivity contribution in [1.29, 1.82) is 0 Å². The molecule has 1 aliphatic rings. The van der Waals surface area contributed by atoms with Gasteiger partial charge < -0.3 is 25.1 Å². The number of nitrogens with one attached hydrogen (secondary N) is 1. The average molecular weight is 267 g/mol. The number of imidazole rings is 1. The van der Waals surface area contributed by atoms with Crippen LogP contribution in [0.4, 0.5) is 5.95 Å². The maximum absolute atomic E-state index is 9.08. The number of aliphatic hydroxyl groups is 1. The molecule has 1 saturated heterocycles. The van der Waals surface area contributed by atoms with Gasteiger partial charge in [0.1, 0.15) is 11.2 Å². The third-order valence-electron chi connectivity index (χ3n) is 3.12. The number of hydrogen-bond acceptors (Lipinski definition) is 6. The lowest BCUT2D eigenvalue weighted by Crippen LogP contribution is -2.11. The van der Waals surface area contributed by atoms with Gasteiger partial charge in [0.15, 0.2) is 10.6 Å². The maximum atomic E-state index is 9.08. The van der Waals surface area contributed by atoms with Crippen molar-refractivity contribution in [2.45, 2.75) is 18.6 Å². The summed E-state index contributed by atoms with van der Waals surface area (Å²) in [6, 6.07) is 0.125. The molecule has 96 valence electrons. The first kappa shape index (κ1) is 11.6. The van der Waals surface area contributed by atoms with E-state index in [9.17, 15) is 0 Å². The highest BCUT2D eigenvalue weighted by molar-refractivity contribution is 7.71. The van der Waals surface area contributed by atoms with E-state index in [1.54, 1.807) is 6.33 Å². The third-order valence-corrected chi connectivity index (χ3v) is 3.41. The van der Waals surface area contributed by atoms with Crippen LogP contribution in [-0.4, -0.2) is 43.9 Å². The number of rotatable bonds is 2. The summed E-state index contributed by atoms with van der Waals surface area (Å²) in [5.74, 6) is 0.270. The lowest BCUT2D eigenvalue weighted by Gasteiger charge is -2.10. The number of nitrogen functional groups attached to an aromatic ring is 1. The second-order valence-electron chi connectivity index (χ2n) is 4.30. The molecule has 0 bridgehead atoms. The Kier molecular flexibility index (Phi) is 2.77. The van der Waals surface area contributed by atoms with Crippen molar-refractivity contribution in [3.8, 4) is 0 Å². The van der Waals surface area contributed by atoms with Crippen molar-refractivity contribution >= 4 is 29.3 Å². The van der Waals surface area contributed by atoms with Crippen molar-refractivity contribution in [3.05, 3.63) is 11.0 Å².